The van der Waals surface area contributed by atoms with Gasteiger partial charge in [0.25, 0.3) is 5.91 Å². The van der Waals surface area contributed by atoms with Crippen molar-refractivity contribution in [3.05, 3.63) is 50.1 Å². The maximum Gasteiger partial charge on any atom is 0.251 e. The fourth-order valence-electron chi connectivity index (χ4n) is 4.97. The van der Waals surface area contributed by atoms with Gasteiger partial charge in [0, 0.05) is 41.0 Å². The number of hydrogen-bond donors (Lipinski definition) is 2. The molecule has 1 aromatic carbocycles. The molecule has 2 aromatic rings. The lowest BCUT2D eigenvalue weighted by molar-refractivity contribution is 0.0950. The van der Waals surface area contributed by atoms with Crippen LogP contribution in [0.25, 0.3) is 0 Å². The third kappa shape index (κ3) is 6.11. The zero-order valence-corrected chi connectivity index (χ0v) is 22.3. The van der Waals surface area contributed by atoms with E-state index in [1.807, 2.05) is 13.0 Å². The van der Waals surface area contributed by atoms with Crippen molar-refractivity contribution in [3.8, 4) is 11.8 Å². The Morgan fingerprint density at radius 2 is 1.77 bits per heavy atom. The van der Waals surface area contributed by atoms with Crippen LogP contribution in [0.5, 0.6) is 11.8 Å². The first kappa shape index (κ1) is 26.9. The first-order valence-electron chi connectivity index (χ1n) is 12.1. The molecular formula is C26H37ClN4O4. The van der Waals surface area contributed by atoms with Crippen molar-refractivity contribution in [2.24, 2.45) is 0 Å². The highest BCUT2D eigenvalue weighted by atomic mass is 35.5. The Balaban J connectivity index is 1.82. The van der Waals surface area contributed by atoms with Crippen molar-refractivity contribution in [1.29, 1.82) is 0 Å². The first-order valence-corrected chi connectivity index (χ1v) is 12.4. The number of rotatable bonds is 9. The number of hydrogen-bond acceptors (Lipinski definition) is 6. The molecule has 1 aliphatic rings. The number of nitrogens with zero attached hydrogens (tertiary/aromatic N) is 2. The highest BCUT2D eigenvalue weighted by Gasteiger charge is 2.28. The van der Waals surface area contributed by atoms with E-state index < -0.39 is 0 Å². The van der Waals surface area contributed by atoms with E-state index in [0.717, 1.165) is 43.5 Å². The number of pyridine rings is 1. The fourth-order valence-corrected chi connectivity index (χ4v) is 5.18. The number of carbonyl (C=O) groups excluding carboxylic acids is 1. The second-order valence-electron chi connectivity index (χ2n) is 9.21. The summed E-state index contributed by atoms with van der Waals surface area (Å²) in [6.45, 7) is 4.93. The number of anilines is 1. The summed E-state index contributed by atoms with van der Waals surface area (Å²) in [4.78, 5) is 33.3. The Labute approximate surface area is 212 Å². The minimum atomic E-state index is -0.295. The number of methoxy groups -OCH3 is 2. The molecule has 0 radical (unpaired) electrons. The number of halogens is 1. The van der Waals surface area contributed by atoms with Gasteiger partial charge >= 0.3 is 0 Å². The molecular weight excluding hydrogens is 468 g/mol. The largest absolute Gasteiger partial charge is 0.482 e. The van der Waals surface area contributed by atoms with E-state index in [-0.39, 0.29) is 29.6 Å². The van der Waals surface area contributed by atoms with Crippen molar-refractivity contribution >= 4 is 23.2 Å². The number of aromatic nitrogens is 1. The van der Waals surface area contributed by atoms with Crippen LogP contribution in [0.1, 0.15) is 54.1 Å². The Hall–Kier alpha value is -2.71. The lowest BCUT2D eigenvalue weighted by Crippen LogP contribution is -2.42. The Kier molecular flexibility index (Phi) is 9.08. The average molecular weight is 505 g/mol. The van der Waals surface area contributed by atoms with E-state index >= 15 is 0 Å². The summed E-state index contributed by atoms with van der Waals surface area (Å²) in [5.41, 5.74) is 2.38. The van der Waals surface area contributed by atoms with Crippen LogP contribution in [0.4, 0.5) is 5.69 Å². The highest BCUT2D eigenvalue weighted by Crippen LogP contribution is 2.34. The minimum absolute atomic E-state index is 0.00859. The minimum Gasteiger partial charge on any atom is -0.482 e. The van der Waals surface area contributed by atoms with Crippen molar-refractivity contribution in [3.63, 3.8) is 0 Å². The molecule has 1 heterocycles. The molecule has 0 atom stereocenters. The van der Waals surface area contributed by atoms with E-state index in [2.05, 4.69) is 41.1 Å². The van der Waals surface area contributed by atoms with Crippen LogP contribution in [0.3, 0.4) is 0 Å². The van der Waals surface area contributed by atoms with Gasteiger partial charge < -0.3 is 24.6 Å². The first-order chi connectivity index (χ1) is 16.7. The zero-order valence-electron chi connectivity index (χ0n) is 21.5. The summed E-state index contributed by atoms with van der Waals surface area (Å²) in [5, 5.41) is 3.37. The third-order valence-electron chi connectivity index (χ3n) is 7.00. The van der Waals surface area contributed by atoms with Crippen LogP contribution < -0.4 is 25.1 Å². The van der Waals surface area contributed by atoms with E-state index in [1.165, 1.54) is 20.3 Å². The number of H-pyrrole nitrogens is 1. The summed E-state index contributed by atoms with van der Waals surface area (Å²) in [7, 11) is 7.20. The molecule has 0 unspecified atom stereocenters. The monoisotopic (exact) mass is 504 g/mol. The summed E-state index contributed by atoms with van der Waals surface area (Å²) in [6.07, 6.45) is 4.51. The normalized spacial score (nSPS) is 17.8. The smallest absolute Gasteiger partial charge is 0.251 e. The molecule has 1 fully saturated rings. The Bertz CT molecular complexity index is 1090. The van der Waals surface area contributed by atoms with Crippen LogP contribution in [-0.4, -0.2) is 62.7 Å². The van der Waals surface area contributed by atoms with Crippen molar-refractivity contribution in [2.75, 3.05) is 39.8 Å². The van der Waals surface area contributed by atoms with Crippen molar-refractivity contribution < 1.29 is 14.3 Å². The molecule has 0 spiro atoms. The number of ether oxygens (including phenoxy) is 2. The molecule has 1 aliphatic carbocycles. The van der Waals surface area contributed by atoms with Gasteiger partial charge in [-0.15, -0.1) is 0 Å². The predicted octanol–water partition coefficient (Wildman–Crippen LogP) is 3.98. The van der Waals surface area contributed by atoms with Crippen molar-refractivity contribution in [1.82, 2.24) is 15.2 Å². The lowest BCUT2D eigenvalue weighted by atomic mass is 9.89. The summed E-state index contributed by atoms with van der Waals surface area (Å²) in [6, 6.07) is 5.99. The van der Waals surface area contributed by atoms with E-state index in [9.17, 15) is 9.59 Å². The fraction of sp³-hybridized carbons (Fsp3) is 0.538. The van der Waals surface area contributed by atoms with Gasteiger partial charge in [0.15, 0.2) is 11.3 Å². The molecule has 9 heteroatoms. The molecule has 192 valence electrons. The number of benzene rings is 1. The Morgan fingerprint density at radius 3 is 2.34 bits per heavy atom. The molecule has 1 aromatic heterocycles. The van der Waals surface area contributed by atoms with Gasteiger partial charge in [-0.05, 0) is 71.3 Å². The SMILES string of the molecule is CCN(c1cc(Cl)cc(C(=O)NCc2c(OC)[nH]c(OC)cc2=O)c1C)[C@H]1CC[C@H](N(C)C)CC1. The number of amides is 1. The van der Waals surface area contributed by atoms with Crippen LogP contribution in [-0.2, 0) is 6.54 Å². The van der Waals surface area contributed by atoms with Crippen LogP contribution in [0.15, 0.2) is 23.0 Å². The van der Waals surface area contributed by atoms with Crippen LogP contribution in [0, 0.1) is 6.92 Å². The van der Waals surface area contributed by atoms with E-state index in [4.69, 9.17) is 21.1 Å². The van der Waals surface area contributed by atoms with Gasteiger partial charge in [-0.1, -0.05) is 11.6 Å². The maximum absolute atomic E-state index is 13.2. The molecule has 0 bridgehead atoms. The predicted molar refractivity (Wildman–Crippen MR) is 140 cm³/mol. The highest BCUT2D eigenvalue weighted by molar-refractivity contribution is 6.31. The molecule has 1 amide bonds. The number of nitrogens with one attached hydrogen (secondary N) is 2. The second-order valence-corrected chi connectivity index (χ2v) is 9.64. The third-order valence-corrected chi connectivity index (χ3v) is 7.22. The Morgan fingerprint density at radius 1 is 1.11 bits per heavy atom. The topological polar surface area (TPSA) is 86.9 Å². The molecule has 0 aliphatic heterocycles. The van der Waals surface area contributed by atoms with Crippen LogP contribution >= 0.6 is 11.6 Å². The molecule has 35 heavy (non-hydrogen) atoms. The van der Waals surface area contributed by atoms with Crippen molar-refractivity contribution in [2.45, 2.75) is 58.2 Å². The zero-order chi connectivity index (χ0) is 25.7. The molecule has 1 saturated carbocycles. The van der Waals surface area contributed by atoms with Gasteiger partial charge in [0.1, 0.15) is 0 Å². The van der Waals surface area contributed by atoms with Gasteiger partial charge in [-0.2, -0.15) is 0 Å². The standard InChI is InChI=1S/C26H37ClN4O4/c1-7-31(19-10-8-18(9-11-19)30(3)4)22-13-17(27)12-20(16(22)2)25(33)28-15-21-23(32)14-24(34-5)29-26(21)35-6/h12-14,18-19H,7-11,15H2,1-6H3,(H,28,33)(H,29,32)/t18-,19-. The van der Waals surface area contributed by atoms with E-state index in [0.29, 0.717) is 28.2 Å². The summed E-state index contributed by atoms with van der Waals surface area (Å²) >= 11 is 6.49. The maximum atomic E-state index is 13.2. The number of carbonyl (C=O) groups is 1. The van der Waals surface area contributed by atoms with Crippen LogP contribution in [0.2, 0.25) is 5.02 Å². The summed E-state index contributed by atoms with van der Waals surface area (Å²) < 4.78 is 10.4. The van der Waals surface area contributed by atoms with Gasteiger partial charge in [-0.25, -0.2) is 0 Å². The molecule has 8 nitrogen and oxygen atoms in total. The van der Waals surface area contributed by atoms with E-state index in [1.54, 1.807) is 6.07 Å². The molecule has 2 N–H and O–H groups in total. The molecule has 3 rings (SSSR count). The second kappa shape index (κ2) is 11.8. The quantitative estimate of drug-likeness (QED) is 0.537. The average Bonchev–Trinajstić information content (AvgIpc) is 2.85. The summed E-state index contributed by atoms with van der Waals surface area (Å²) in [5.74, 6) is 0.246. The van der Waals surface area contributed by atoms with Gasteiger partial charge in [0.2, 0.25) is 5.88 Å². The lowest BCUT2D eigenvalue weighted by Gasteiger charge is -2.40. The number of aromatic amines is 1. The van der Waals surface area contributed by atoms with Gasteiger partial charge in [-0.3, -0.25) is 14.6 Å². The molecule has 0 saturated heterocycles. The van der Waals surface area contributed by atoms with Gasteiger partial charge in [0.05, 0.1) is 26.3 Å².